The second kappa shape index (κ2) is 22.1. The highest BCUT2D eigenvalue weighted by Crippen LogP contribution is 2.76. The molecule has 4 aliphatic heterocycles. The first-order chi connectivity index (χ1) is 36.5. The molecule has 9 aliphatic rings. The zero-order chi connectivity index (χ0) is 57.1. The van der Waals surface area contributed by atoms with Crippen LogP contribution in [-0.4, -0.2) is 234 Å². The first-order valence-electron chi connectivity index (χ1n) is 28.2. The summed E-state index contributed by atoms with van der Waals surface area (Å²) >= 11 is 0. The molecule has 13 N–H and O–H groups in total. The van der Waals surface area contributed by atoms with Gasteiger partial charge in [-0.15, -0.1) is 0 Å². The first kappa shape index (κ1) is 60.9. The van der Waals surface area contributed by atoms with E-state index >= 15 is 0 Å². The third-order valence-corrected chi connectivity index (χ3v) is 21.9. The largest absolute Gasteiger partial charge is 0.467 e. The highest BCUT2D eigenvalue weighted by atomic mass is 16.8. The predicted octanol–water partition coefficient (Wildman–Crippen LogP) is -1.38. The average molecular weight is 1120 g/mol. The molecule has 0 spiro atoms. The zero-order valence-corrected chi connectivity index (χ0v) is 46.4. The molecule has 0 amide bonds. The molecule has 4 heterocycles. The lowest BCUT2D eigenvalue weighted by molar-refractivity contribution is -0.395. The van der Waals surface area contributed by atoms with Gasteiger partial charge >= 0.3 is 5.97 Å². The van der Waals surface area contributed by atoms with Crippen molar-refractivity contribution in [3.63, 3.8) is 0 Å². The molecule has 5 aliphatic carbocycles. The van der Waals surface area contributed by atoms with Gasteiger partial charge in [-0.05, 0) is 110 Å². The number of rotatable bonds is 12. The number of hydrogen-bond donors (Lipinski definition) is 13. The Labute approximate surface area is 455 Å². The van der Waals surface area contributed by atoms with E-state index in [1.807, 2.05) is 0 Å². The molecular formula is C55H90O23. The zero-order valence-electron chi connectivity index (χ0n) is 46.4. The van der Waals surface area contributed by atoms with Crippen molar-refractivity contribution in [2.45, 2.75) is 248 Å². The summed E-state index contributed by atoms with van der Waals surface area (Å²) < 4.78 is 53.8. The van der Waals surface area contributed by atoms with Crippen molar-refractivity contribution in [3.8, 4) is 0 Å². The summed E-state index contributed by atoms with van der Waals surface area (Å²) in [4.78, 5) is 13.1. The number of carbonyl (C=O) groups excluding carboxylic acids is 1. The van der Waals surface area contributed by atoms with Crippen molar-refractivity contribution in [1.29, 1.82) is 0 Å². The van der Waals surface area contributed by atoms with Gasteiger partial charge in [-0.1, -0.05) is 60.1 Å². The minimum absolute atomic E-state index is 0.00198. The maximum absolute atomic E-state index is 13.1. The van der Waals surface area contributed by atoms with Crippen LogP contribution in [0, 0.1) is 50.2 Å². The van der Waals surface area contributed by atoms with Gasteiger partial charge in [0.1, 0.15) is 85.5 Å². The van der Waals surface area contributed by atoms with E-state index < -0.39 is 170 Å². The van der Waals surface area contributed by atoms with E-state index in [2.05, 4.69) is 54.5 Å². The van der Waals surface area contributed by atoms with Crippen LogP contribution in [0.15, 0.2) is 11.6 Å². The van der Waals surface area contributed by atoms with Crippen molar-refractivity contribution >= 4 is 5.97 Å². The van der Waals surface area contributed by atoms with Crippen molar-refractivity contribution in [2.24, 2.45) is 50.2 Å². The van der Waals surface area contributed by atoms with Gasteiger partial charge in [0, 0.05) is 5.41 Å². The van der Waals surface area contributed by atoms with Crippen molar-refractivity contribution < 1.29 is 114 Å². The molecule has 0 aromatic heterocycles. The van der Waals surface area contributed by atoms with Crippen LogP contribution in [0.5, 0.6) is 0 Å². The Balaban J connectivity index is 0.956. The molecule has 23 heteroatoms. The van der Waals surface area contributed by atoms with Gasteiger partial charge in [0.2, 0.25) is 0 Å². The van der Waals surface area contributed by atoms with Gasteiger partial charge < -0.3 is 109 Å². The molecule has 4 saturated carbocycles. The van der Waals surface area contributed by atoms with E-state index in [-0.39, 0.29) is 40.6 Å². The third-order valence-electron chi connectivity index (χ3n) is 21.9. The Morgan fingerprint density at radius 1 is 0.590 bits per heavy atom. The van der Waals surface area contributed by atoms with Crippen LogP contribution < -0.4 is 0 Å². The molecule has 4 saturated heterocycles. The molecule has 0 bridgehead atoms. The Kier molecular flexibility index (Phi) is 17.3. The van der Waals surface area contributed by atoms with Crippen LogP contribution in [0.1, 0.15) is 113 Å². The van der Waals surface area contributed by atoms with Gasteiger partial charge in [-0.2, -0.15) is 0 Å². The molecule has 0 radical (unpaired) electrons. The molecular weight excluding hydrogens is 1030 g/mol. The highest BCUT2D eigenvalue weighted by molar-refractivity contribution is 5.75. The van der Waals surface area contributed by atoms with Crippen LogP contribution in [0.3, 0.4) is 0 Å². The molecule has 448 valence electrons. The van der Waals surface area contributed by atoms with Crippen LogP contribution in [0.4, 0.5) is 0 Å². The van der Waals surface area contributed by atoms with E-state index in [4.69, 9.17) is 42.6 Å². The van der Waals surface area contributed by atoms with E-state index in [1.54, 1.807) is 0 Å². The molecule has 9 rings (SSSR count). The van der Waals surface area contributed by atoms with E-state index in [0.717, 1.165) is 45.6 Å². The summed E-state index contributed by atoms with van der Waals surface area (Å²) in [5.74, 6) is -0.706. The number of hydrogen-bond acceptors (Lipinski definition) is 23. The first-order valence-corrected chi connectivity index (χ1v) is 28.2. The van der Waals surface area contributed by atoms with E-state index in [1.165, 1.54) is 12.5 Å². The smallest absolute Gasteiger partial charge is 0.337 e. The lowest BCUT2D eigenvalue weighted by atomic mass is 9.33. The molecule has 8 fully saturated rings. The number of ether oxygens (including phenoxy) is 9. The second-order valence-corrected chi connectivity index (χ2v) is 26.6. The molecule has 23 nitrogen and oxygen atoms in total. The Bertz CT molecular complexity index is 2150. The fourth-order valence-electron chi connectivity index (χ4n) is 16.7. The fraction of sp³-hybridized carbons (Fsp3) is 0.945. The lowest BCUT2D eigenvalue weighted by Gasteiger charge is -2.72. The normalized spacial score (nSPS) is 55.1. The van der Waals surface area contributed by atoms with Gasteiger partial charge in [0.25, 0.3) is 0 Å². The Morgan fingerprint density at radius 3 is 1.81 bits per heavy atom. The third kappa shape index (κ3) is 9.87. The minimum atomic E-state index is -1.94. The number of esters is 1. The fourth-order valence-corrected chi connectivity index (χ4v) is 16.7. The number of fused-ring (bicyclic) bond motifs is 7. The van der Waals surface area contributed by atoms with Crippen molar-refractivity contribution in [2.75, 3.05) is 26.9 Å². The standard InChI is InChI=1S/C55H90O23/c1-23-32(59)35(62)41(68)47(72-23)77-43-37(64)34(61)27(21-57)74-48(43)78-44-39(66)38(65)42(45(69)70-9)76-49(44)75-31-13-14-53(6)28(50(31,2)3)12-15-55(8)29(53)11-10-24-25-18-51(4,19-30(58)52(25,5)16-17-54(24,55)7)22-71-46-40(67)36(63)33(60)26(20-56)73-46/h10,23,25-44,46-49,56-68H,11-22H2,1-9H3/t23-,25-,26+,27+,28?,29+,30+,31-,32-,33+,34-,35+,36-,37-,38-,39-,40+,41+,42-,43+,44+,46+,47-,48-,49+,51+,52+,53-,54+,55+/m0/s1. The maximum atomic E-state index is 13.1. The summed E-state index contributed by atoms with van der Waals surface area (Å²) in [5, 5.41) is 141. The summed E-state index contributed by atoms with van der Waals surface area (Å²) in [6.07, 6.45) is -24.8. The number of allylic oxidation sites excluding steroid dienone is 2. The lowest BCUT2D eigenvalue weighted by Crippen LogP contribution is -2.68. The Hall–Kier alpha value is -1.63. The predicted molar refractivity (Wildman–Crippen MR) is 268 cm³/mol. The van der Waals surface area contributed by atoms with E-state index in [0.29, 0.717) is 19.3 Å². The molecule has 78 heavy (non-hydrogen) atoms. The topological polar surface area (TPSA) is 363 Å². The summed E-state index contributed by atoms with van der Waals surface area (Å²) in [6, 6.07) is 0. The van der Waals surface area contributed by atoms with Crippen LogP contribution in [0.2, 0.25) is 0 Å². The minimum Gasteiger partial charge on any atom is -0.467 e. The average Bonchev–Trinajstić information content (AvgIpc) is 3.58. The quantitative estimate of drug-likeness (QED) is 0.0608. The molecule has 30 atom stereocenters. The number of aliphatic hydroxyl groups excluding tert-OH is 13. The highest BCUT2D eigenvalue weighted by Gasteiger charge is 2.70. The summed E-state index contributed by atoms with van der Waals surface area (Å²) in [6.45, 7) is 15.9. The van der Waals surface area contributed by atoms with Crippen molar-refractivity contribution in [3.05, 3.63) is 11.6 Å². The summed E-state index contributed by atoms with van der Waals surface area (Å²) in [7, 11) is 1.10. The molecule has 0 aromatic rings. The molecule has 0 aromatic carbocycles. The van der Waals surface area contributed by atoms with Crippen LogP contribution in [0.25, 0.3) is 0 Å². The Morgan fingerprint density at radius 2 is 1.17 bits per heavy atom. The summed E-state index contributed by atoms with van der Waals surface area (Å²) in [5.41, 5.74) is -0.855. The second-order valence-electron chi connectivity index (χ2n) is 26.6. The number of methoxy groups -OCH3 is 1. The van der Waals surface area contributed by atoms with Crippen LogP contribution >= 0.6 is 0 Å². The van der Waals surface area contributed by atoms with Crippen LogP contribution in [-0.2, 0) is 47.4 Å². The van der Waals surface area contributed by atoms with Gasteiger partial charge in [-0.3, -0.25) is 0 Å². The monoisotopic (exact) mass is 1120 g/mol. The van der Waals surface area contributed by atoms with E-state index in [9.17, 15) is 71.2 Å². The SMILES string of the molecule is COC(=O)[C@H]1O[C@@H](O[C@H]2CC[C@@]3(C)C(CC[C@]4(C)[C@@H]3CC=C3[C@@H]5C[C@@](C)(CO[C@@H]6O[C@H](CO)[C@@H](O)[C@H](O)[C@H]6O)C[C@@H](O)[C@]5(C)CC[C@]34C)C2(C)C)[C@H](O[C@@H]2O[C@H](CO)[C@H](O)[C@H](O)[C@H]2O[C@@H]2O[C@@H](C)[C@H](O)[C@@H](O)[C@H]2O)[C@@H](O)[C@@H]1O. The van der Waals surface area contributed by atoms with Gasteiger partial charge in [0.15, 0.2) is 31.3 Å². The maximum Gasteiger partial charge on any atom is 0.337 e. The van der Waals surface area contributed by atoms with Crippen molar-refractivity contribution in [1.82, 2.24) is 0 Å². The van der Waals surface area contributed by atoms with Gasteiger partial charge in [0.05, 0.1) is 45.2 Å². The number of carbonyl (C=O) groups is 1. The van der Waals surface area contributed by atoms with Gasteiger partial charge in [-0.25, -0.2) is 4.79 Å². The molecule has 1 unspecified atom stereocenters. The number of aliphatic hydroxyl groups is 13.